The number of nitrogens with one attached hydrogen (secondary N) is 2. The molecule has 1 aliphatic rings. The molecule has 5 rings (SSSR count). The first kappa shape index (κ1) is 22.5. The molecule has 4 aromatic rings. The molecule has 0 saturated heterocycles. The van der Waals surface area contributed by atoms with Crippen molar-refractivity contribution in [3.8, 4) is 11.3 Å². The summed E-state index contributed by atoms with van der Waals surface area (Å²) in [4.78, 5) is 27.9. The Morgan fingerprint density at radius 1 is 0.941 bits per heavy atom. The second kappa shape index (κ2) is 9.14. The van der Waals surface area contributed by atoms with Gasteiger partial charge in [-0.15, -0.1) is 0 Å². The van der Waals surface area contributed by atoms with Gasteiger partial charge < -0.3 is 10.2 Å². The van der Waals surface area contributed by atoms with Crippen molar-refractivity contribution in [2.24, 2.45) is 0 Å². The van der Waals surface area contributed by atoms with Crippen molar-refractivity contribution in [1.29, 1.82) is 0 Å². The number of para-hydroxylation sites is 1. The number of nitrogens with zero attached hydrogens (tertiary/aromatic N) is 2. The van der Waals surface area contributed by atoms with E-state index in [2.05, 4.69) is 15.5 Å². The number of rotatable bonds is 3. The van der Waals surface area contributed by atoms with Crippen LogP contribution < -0.4 is 10.2 Å². The lowest BCUT2D eigenvalue weighted by molar-refractivity contribution is 0.0986. The molecule has 34 heavy (non-hydrogen) atoms. The van der Waals surface area contributed by atoms with E-state index in [9.17, 15) is 9.59 Å². The Balaban J connectivity index is 1.41. The fourth-order valence-electron chi connectivity index (χ4n) is 4.00. The summed E-state index contributed by atoms with van der Waals surface area (Å²) >= 11 is 18.5. The van der Waals surface area contributed by atoms with Crippen molar-refractivity contribution in [3.63, 3.8) is 0 Å². The van der Waals surface area contributed by atoms with Gasteiger partial charge in [0.1, 0.15) is 0 Å². The van der Waals surface area contributed by atoms with Gasteiger partial charge in [0.2, 0.25) is 0 Å². The zero-order chi connectivity index (χ0) is 23.8. The van der Waals surface area contributed by atoms with Crippen LogP contribution in [0.5, 0.6) is 0 Å². The summed E-state index contributed by atoms with van der Waals surface area (Å²) in [5, 5.41) is 10.8. The minimum absolute atomic E-state index is 0.228. The Bertz CT molecular complexity index is 1430. The van der Waals surface area contributed by atoms with E-state index >= 15 is 0 Å². The number of halogens is 3. The quantitative estimate of drug-likeness (QED) is 0.330. The maximum atomic E-state index is 13.5. The molecule has 1 aromatic heterocycles. The third kappa shape index (κ3) is 4.16. The van der Waals surface area contributed by atoms with Gasteiger partial charge in [0.15, 0.2) is 0 Å². The Morgan fingerprint density at radius 3 is 2.50 bits per heavy atom. The molecule has 0 saturated carbocycles. The summed E-state index contributed by atoms with van der Waals surface area (Å²) < 4.78 is 0. The van der Waals surface area contributed by atoms with Crippen LogP contribution in [0.15, 0.2) is 66.9 Å². The normalized spacial score (nSPS) is 12.5. The summed E-state index contributed by atoms with van der Waals surface area (Å²) in [6.07, 6.45) is 2.44. The summed E-state index contributed by atoms with van der Waals surface area (Å²) in [6, 6.07) is 17.1. The fourth-order valence-corrected chi connectivity index (χ4v) is 4.76. The number of aromatic amines is 1. The molecule has 3 aromatic carbocycles. The second-order valence-corrected chi connectivity index (χ2v) is 9.02. The summed E-state index contributed by atoms with van der Waals surface area (Å²) in [5.41, 5.74) is 4.70. The average Bonchev–Trinajstić information content (AvgIpc) is 3.22. The molecule has 0 fully saturated rings. The van der Waals surface area contributed by atoms with Gasteiger partial charge in [0.25, 0.3) is 11.8 Å². The molecule has 2 heterocycles. The van der Waals surface area contributed by atoms with E-state index < -0.39 is 5.91 Å². The smallest absolute Gasteiger partial charge is 0.259 e. The number of anilines is 2. The number of benzene rings is 3. The molecule has 0 spiro atoms. The van der Waals surface area contributed by atoms with Crippen LogP contribution in [0.4, 0.5) is 11.4 Å². The van der Waals surface area contributed by atoms with E-state index in [0.717, 1.165) is 22.5 Å². The van der Waals surface area contributed by atoms with E-state index in [-0.39, 0.29) is 21.5 Å². The highest BCUT2D eigenvalue weighted by Gasteiger charge is 2.27. The Morgan fingerprint density at radius 2 is 1.71 bits per heavy atom. The van der Waals surface area contributed by atoms with Gasteiger partial charge in [-0.3, -0.25) is 14.7 Å². The van der Waals surface area contributed by atoms with Crippen LogP contribution in [0.1, 0.15) is 26.3 Å². The highest BCUT2D eigenvalue weighted by atomic mass is 35.5. The lowest BCUT2D eigenvalue weighted by Crippen LogP contribution is -2.32. The van der Waals surface area contributed by atoms with E-state index in [1.807, 2.05) is 24.3 Å². The largest absolute Gasteiger partial charge is 0.322 e. The van der Waals surface area contributed by atoms with Crippen molar-refractivity contribution in [2.75, 3.05) is 16.8 Å². The molecular formula is C25H17Cl3N4O2. The molecule has 6 nitrogen and oxygen atoms in total. The van der Waals surface area contributed by atoms with Crippen LogP contribution in [0.2, 0.25) is 15.1 Å². The Hall–Kier alpha value is -3.32. The number of carbonyl (C=O) groups is 2. The first-order chi connectivity index (χ1) is 16.4. The minimum atomic E-state index is -0.409. The van der Waals surface area contributed by atoms with Crippen LogP contribution in [0, 0.1) is 0 Å². The van der Waals surface area contributed by atoms with Crippen LogP contribution in [-0.4, -0.2) is 28.6 Å². The maximum Gasteiger partial charge on any atom is 0.259 e. The predicted octanol–water partition coefficient (Wildman–Crippen LogP) is 6.49. The first-order valence-electron chi connectivity index (χ1n) is 10.4. The number of fused-ring (bicyclic) bond motifs is 3. The molecule has 0 unspecified atom stereocenters. The Labute approximate surface area is 210 Å². The second-order valence-electron chi connectivity index (χ2n) is 7.77. The molecule has 9 heteroatoms. The third-order valence-corrected chi connectivity index (χ3v) is 6.53. The number of hydrogen-bond acceptors (Lipinski definition) is 3. The Kier molecular flexibility index (Phi) is 6.04. The average molecular weight is 512 g/mol. The molecule has 2 amide bonds. The first-order valence-corrected chi connectivity index (χ1v) is 11.5. The lowest BCUT2D eigenvalue weighted by atomic mass is 10.1. The number of H-pyrrole nitrogens is 1. The number of hydrogen-bond donors (Lipinski definition) is 2. The van der Waals surface area contributed by atoms with Crippen molar-refractivity contribution in [3.05, 3.63) is 98.6 Å². The standard InChI is InChI=1S/C25H17Cl3N4O2/c26-15-5-7-17(20(27)11-15)24(33)30-16-6-8-18(21(28)12-16)25(34)32-10-9-14-13-29-31-23(14)19-3-1-2-4-22(19)32/h1-8,11-13H,9-10H2,(H,29,31)(H,30,33). The van der Waals surface area contributed by atoms with Crippen LogP contribution in [-0.2, 0) is 6.42 Å². The van der Waals surface area contributed by atoms with Gasteiger partial charge in [0.05, 0.1) is 38.8 Å². The predicted molar refractivity (Wildman–Crippen MR) is 135 cm³/mol. The monoisotopic (exact) mass is 510 g/mol. The molecule has 1 aliphatic heterocycles. The van der Waals surface area contributed by atoms with Gasteiger partial charge >= 0.3 is 0 Å². The molecule has 2 N–H and O–H groups in total. The van der Waals surface area contributed by atoms with Crippen molar-refractivity contribution >= 4 is 58.0 Å². The van der Waals surface area contributed by atoms with Gasteiger partial charge in [-0.25, -0.2) is 0 Å². The summed E-state index contributed by atoms with van der Waals surface area (Å²) in [7, 11) is 0. The lowest BCUT2D eigenvalue weighted by Gasteiger charge is -2.23. The SMILES string of the molecule is O=C(Nc1ccc(C(=O)N2CCc3cn[nH]c3-c3ccccc32)c(Cl)c1)c1ccc(Cl)cc1Cl. The van der Waals surface area contributed by atoms with E-state index in [0.29, 0.717) is 29.2 Å². The number of aromatic nitrogens is 2. The minimum Gasteiger partial charge on any atom is -0.322 e. The molecule has 0 aliphatic carbocycles. The van der Waals surface area contributed by atoms with Crippen molar-refractivity contribution in [2.45, 2.75) is 6.42 Å². The molecule has 170 valence electrons. The van der Waals surface area contributed by atoms with Gasteiger partial charge in [-0.1, -0.05) is 53.0 Å². The van der Waals surface area contributed by atoms with Crippen LogP contribution in [0.25, 0.3) is 11.3 Å². The zero-order valence-electron chi connectivity index (χ0n) is 17.6. The highest BCUT2D eigenvalue weighted by molar-refractivity contribution is 6.37. The van der Waals surface area contributed by atoms with Gasteiger partial charge in [0, 0.05) is 22.8 Å². The molecule has 0 atom stereocenters. The number of amides is 2. The topological polar surface area (TPSA) is 78.1 Å². The van der Waals surface area contributed by atoms with Crippen molar-refractivity contribution in [1.82, 2.24) is 10.2 Å². The van der Waals surface area contributed by atoms with Gasteiger partial charge in [-0.05, 0) is 54.4 Å². The molecular weight excluding hydrogens is 495 g/mol. The van der Waals surface area contributed by atoms with Crippen LogP contribution in [0.3, 0.4) is 0 Å². The molecule has 0 bridgehead atoms. The molecule has 0 radical (unpaired) electrons. The zero-order valence-corrected chi connectivity index (χ0v) is 19.9. The van der Waals surface area contributed by atoms with E-state index in [1.54, 1.807) is 41.4 Å². The number of carbonyl (C=O) groups excluding carboxylic acids is 2. The fraction of sp³-hybridized carbons (Fsp3) is 0.0800. The van der Waals surface area contributed by atoms with Crippen molar-refractivity contribution < 1.29 is 9.59 Å². The highest BCUT2D eigenvalue weighted by Crippen LogP contribution is 2.36. The van der Waals surface area contributed by atoms with E-state index in [1.165, 1.54) is 6.07 Å². The summed E-state index contributed by atoms with van der Waals surface area (Å²) in [6.45, 7) is 0.478. The third-order valence-electron chi connectivity index (χ3n) is 5.67. The van der Waals surface area contributed by atoms with Gasteiger partial charge in [-0.2, -0.15) is 5.10 Å². The summed E-state index contributed by atoms with van der Waals surface area (Å²) in [5.74, 6) is -0.637. The van der Waals surface area contributed by atoms with E-state index in [4.69, 9.17) is 34.8 Å². The maximum absolute atomic E-state index is 13.5. The van der Waals surface area contributed by atoms with Crippen LogP contribution >= 0.6 is 34.8 Å².